The number of nitrogens with zero attached hydrogens (tertiary/aromatic N) is 4. The van der Waals surface area contributed by atoms with Gasteiger partial charge in [-0.2, -0.15) is 0 Å². The molecule has 1 aromatic carbocycles. The van der Waals surface area contributed by atoms with Crippen LogP contribution in [-0.2, 0) is 0 Å². The van der Waals surface area contributed by atoms with Crippen LogP contribution in [-0.4, -0.2) is 25.7 Å². The number of carbonyl (C=O) groups is 1. The number of amides is 1. The number of benzene rings is 1. The molecular formula is C14H10FN5O. The minimum atomic E-state index is -0.566. The van der Waals surface area contributed by atoms with E-state index in [0.717, 1.165) is 0 Å². The Kier molecular flexibility index (Phi) is 3.38. The van der Waals surface area contributed by atoms with Crippen LogP contribution in [0.1, 0.15) is 10.4 Å². The predicted molar refractivity (Wildman–Crippen MR) is 73.5 cm³/mol. The van der Waals surface area contributed by atoms with Crippen molar-refractivity contribution in [3.63, 3.8) is 0 Å². The molecule has 0 saturated heterocycles. The fraction of sp³-hybridized carbons (Fsp3) is 0. The first-order valence-corrected chi connectivity index (χ1v) is 6.11. The molecule has 0 atom stereocenters. The molecule has 0 aliphatic rings. The summed E-state index contributed by atoms with van der Waals surface area (Å²) in [6, 6.07) is 9.15. The van der Waals surface area contributed by atoms with Crippen molar-refractivity contribution in [2.24, 2.45) is 0 Å². The van der Waals surface area contributed by atoms with E-state index in [1.165, 1.54) is 37.1 Å². The molecule has 3 rings (SSSR count). The first kappa shape index (κ1) is 12.9. The molecule has 6 nitrogen and oxygen atoms in total. The van der Waals surface area contributed by atoms with Gasteiger partial charge in [-0.1, -0.05) is 12.1 Å². The van der Waals surface area contributed by atoms with Crippen molar-refractivity contribution in [2.45, 2.75) is 0 Å². The highest BCUT2D eigenvalue weighted by Gasteiger charge is 2.11. The molecular weight excluding hydrogens is 273 g/mol. The average Bonchev–Trinajstić information content (AvgIpc) is 3.02. The number of hydrogen-bond donors (Lipinski definition) is 1. The van der Waals surface area contributed by atoms with Gasteiger partial charge in [0.15, 0.2) is 0 Å². The van der Waals surface area contributed by atoms with Crippen LogP contribution in [0, 0.1) is 5.82 Å². The van der Waals surface area contributed by atoms with Crippen molar-refractivity contribution in [3.8, 4) is 5.82 Å². The highest BCUT2D eigenvalue weighted by molar-refractivity contribution is 6.04. The maximum atomic E-state index is 13.5. The van der Waals surface area contributed by atoms with E-state index in [9.17, 15) is 9.18 Å². The summed E-state index contributed by atoms with van der Waals surface area (Å²) < 4.78 is 15.1. The molecule has 2 heterocycles. The lowest BCUT2D eigenvalue weighted by molar-refractivity contribution is 0.102. The second kappa shape index (κ2) is 5.49. The lowest BCUT2D eigenvalue weighted by Crippen LogP contribution is -2.13. The van der Waals surface area contributed by atoms with E-state index in [2.05, 4.69) is 20.5 Å². The smallest absolute Gasteiger partial charge is 0.258 e. The number of aromatic nitrogens is 4. The van der Waals surface area contributed by atoms with Crippen LogP contribution >= 0.6 is 0 Å². The van der Waals surface area contributed by atoms with E-state index >= 15 is 0 Å². The fourth-order valence-electron chi connectivity index (χ4n) is 1.78. The third-order valence-corrected chi connectivity index (χ3v) is 2.81. The maximum Gasteiger partial charge on any atom is 0.258 e. The molecule has 0 aliphatic heterocycles. The summed E-state index contributed by atoms with van der Waals surface area (Å²) in [5.41, 5.74) is 0.459. The molecule has 0 bridgehead atoms. The van der Waals surface area contributed by atoms with E-state index in [-0.39, 0.29) is 5.56 Å². The van der Waals surface area contributed by atoms with Crippen molar-refractivity contribution >= 4 is 11.6 Å². The molecule has 0 spiro atoms. The summed E-state index contributed by atoms with van der Waals surface area (Å²) in [4.78, 5) is 16.1. The van der Waals surface area contributed by atoms with Gasteiger partial charge in [-0.3, -0.25) is 9.36 Å². The SMILES string of the molecule is O=C(Nc1ccc(-n2cnnc2)nc1)c1ccccc1F. The zero-order valence-electron chi connectivity index (χ0n) is 10.8. The van der Waals surface area contributed by atoms with Gasteiger partial charge < -0.3 is 5.32 Å². The molecule has 104 valence electrons. The van der Waals surface area contributed by atoms with Crippen LogP contribution in [0.2, 0.25) is 0 Å². The quantitative estimate of drug-likeness (QED) is 0.798. The standard InChI is InChI=1S/C14H10FN5O/c15-12-4-2-1-3-11(12)14(21)19-10-5-6-13(16-7-10)20-8-17-18-9-20/h1-9H,(H,19,21). The van der Waals surface area contributed by atoms with Gasteiger partial charge in [0.1, 0.15) is 24.3 Å². The Hall–Kier alpha value is -3.09. The Balaban J connectivity index is 1.77. The minimum absolute atomic E-state index is 0.0135. The largest absolute Gasteiger partial charge is 0.320 e. The predicted octanol–water partition coefficient (Wildman–Crippen LogP) is 2.05. The average molecular weight is 283 g/mol. The van der Waals surface area contributed by atoms with Gasteiger partial charge >= 0.3 is 0 Å². The van der Waals surface area contributed by atoms with Crippen molar-refractivity contribution < 1.29 is 9.18 Å². The summed E-state index contributed by atoms with van der Waals surface area (Å²) in [6.45, 7) is 0. The number of hydrogen-bond acceptors (Lipinski definition) is 4. The Morgan fingerprint density at radius 2 is 1.86 bits per heavy atom. The van der Waals surface area contributed by atoms with Gasteiger partial charge in [0.05, 0.1) is 17.4 Å². The minimum Gasteiger partial charge on any atom is -0.320 e. The number of carbonyl (C=O) groups excluding carboxylic acids is 1. The topological polar surface area (TPSA) is 72.7 Å². The lowest BCUT2D eigenvalue weighted by Gasteiger charge is -2.06. The molecule has 0 saturated carbocycles. The van der Waals surface area contributed by atoms with Crippen molar-refractivity contribution in [3.05, 3.63) is 66.6 Å². The summed E-state index contributed by atoms with van der Waals surface area (Å²) >= 11 is 0. The van der Waals surface area contributed by atoms with Gasteiger partial charge in [-0.05, 0) is 24.3 Å². The summed E-state index contributed by atoms with van der Waals surface area (Å²) in [7, 11) is 0. The van der Waals surface area contributed by atoms with E-state index in [0.29, 0.717) is 11.5 Å². The third kappa shape index (κ3) is 2.76. The molecule has 7 heteroatoms. The summed E-state index contributed by atoms with van der Waals surface area (Å²) in [6.07, 6.45) is 4.51. The highest BCUT2D eigenvalue weighted by Crippen LogP contribution is 2.12. The number of halogens is 1. The molecule has 1 N–H and O–H groups in total. The number of nitrogens with one attached hydrogen (secondary N) is 1. The molecule has 3 aromatic rings. The Bertz CT molecular complexity index is 755. The monoisotopic (exact) mass is 283 g/mol. The zero-order chi connectivity index (χ0) is 14.7. The molecule has 1 amide bonds. The van der Waals surface area contributed by atoms with Crippen molar-refractivity contribution in [1.82, 2.24) is 19.7 Å². The highest BCUT2D eigenvalue weighted by atomic mass is 19.1. The van der Waals surface area contributed by atoms with Crippen LogP contribution in [0.15, 0.2) is 55.2 Å². The van der Waals surface area contributed by atoms with E-state index < -0.39 is 11.7 Å². The van der Waals surface area contributed by atoms with Gasteiger partial charge in [0.2, 0.25) is 0 Å². The first-order chi connectivity index (χ1) is 10.2. The number of rotatable bonds is 3. The Labute approximate surface area is 119 Å². The number of anilines is 1. The van der Waals surface area contributed by atoms with Crippen molar-refractivity contribution in [2.75, 3.05) is 5.32 Å². The van der Waals surface area contributed by atoms with E-state index in [1.54, 1.807) is 22.8 Å². The first-order valence-electron chi connectivity index (χ1n) is 6.11. The van der Waals surface area contributed by atoms with E-state index in [4.69, 9.17) is 0 Å². The molecule has 0 aliphatic carbocycles. The van der Waals surface area contributed by atoms with Crippen molar-refractivity contribution in [1.29, 1.82) is 0 Å². The van der Waals surface area contributed by atoms with Gasteiger partial charge in [-0.15, -0.1) is 10.2 Å². The Morgan fingerprint density at radius 3 is 2.52 bits per heavy atom. The molecule has 0 unspecified atom stereocenters. The zero-order valence-corrected chi connectivity index (χ0v) is 10.8. The van der Waals surface area contributed by atoms with Crippen LogP contribution in [0.5, 0.6) is 0 Å². The van der Waals surface area contributed by atoms with Crippen LogP contribution in [0.3, 0.4) is 0 Å². The van der Waals surface area contributed by atoms with Gasteiger partial charge in [0, 0.05) is 0 Å². The lowest BCUT2D eigenvalue weighted by atomic mass is 10.2. The van der Waals surface area contributed by atoms with Crippen LogP contribution in [0.4, 0.5) is 10.1 Å². The summed E-state index contributed by atoms with van der Waals surface area (Å²) in [5.74, 6) is -0.472. The Morgan fingerprint density at radius 1 is 1.10 bits per heavy atom. The second-order valence-electron chi connectivity index (χ2n) is 4.21. The molecule has 0 fully saturated rings. The molecule has 21 heavy (non-hydrogen) atoms. The third-order valence-electron chi connectivity index (χ3n) is 2.81. The molecule has 2 aromatic heterocycles. The maximum absolute atomic E-state index is 13.5. The second-order valence-corrected chi connectivity index (χ2v) is 4.21. The van der Waals surface area contributed by atoms with Gasteiger partial charge in [0.25, 0.3) is 5.91 Å². The summed E-state index contributed by atoms with van der Waals surface area (Å²) in [5, 5.41) is 9.95. The van der Waals surface area contributed by atoms with E-state index in [1.807, 2.05) is 0 Å². The normalized spacial score (nSPS) is 10.3. The van der Waals surface area contributed by atoms with Crippen LogP contribution < -0.4 is 5.32 Å². The molecule has 0 radical (unpaired) electrons. The van der Waals surface area contributed by atoms with Gasteiger partial charge in [-0.25, -0.2) is 9.37 Å². The van der Waals surface area contributed by atoms with Crippen LogP contribution in [0.25, 0.3) is 5.82 Å². The fourth-order valence-corrected chi connectivity index (χ4v) is 1.78. The number of pyridine rings is 1.